The van der Waals surface area contributed by atoms with E-state index in [0.29, 0.717) is 5.56 Å². The Morgan fingerprint density at radius 1 is 0.583 bits per heavy atom. The second kappa shape index (κ2) is 11.6. The highest BCUT2D eigenvalue weighted by Crippen LogP contribution is 2.30. The van der Waals surface area contributed by atoms with Gasteiger partial charge in [0, 0.05) is 7.11 Å². The van der Waals surface area contributed by atoms with Crippen LogP contribution in [0.15, 0.2) is 91.0 Å². The normalized spacial score (nSPS) is 23.3. The fourth-order valence-corrected chi connectivity index (χ4v) is 3.88. The van der Waals surface area contributed by atoms with Gasteiger partial charge in [-0.15, -0.1) is 0 Å². The molecule has 3 aromatic carbocycles. The molecular formula is C28H26O8. The van der Waals surface area contributed by atoms with Crippen LogP contribution >= 0.6 is 0 Å². The smallest absolute Gasteiger partial charge is 0.338 e. The minimum atomic E-state index is -1.22. The Bertz CT molecular complexity index is 1170. The summed E-state index contributed by atoms with van der Waals surface area (Å²) in [6.45, 7) is 1.66. The molecule has 1 aliphatic rings. The summed E-state index contributed by atoms with van der Waals surface area (Å²) in [5.41, 5.74) is 0.883. The molecule has 1 saturated heterocycles. The van der Waals surface area contributed by atoms with Crippen LogP contribution in [0, 0.1) is 0 Å². The molecule has 4 rings (SSSR count). The molecule has 1 fully saturated rings. The van der Waals surface area contributed by atoms with E-state index in [0.717, 1.165) is 0 Å². The largest absolute Gasteiger partial charge is 0.452 e. The molecule has 5 atom stereocenters. The van der Waals surface area contributed by atoms with Crippen molar-refractivity contribution in [1.82, 2.24) is 0 Å². The van der Waals surface area contributed by atoms with Crippen molar-refractivity contribution in [2.45, 2.75) is 37.6 Å². The maximum absolute atomic E-state index is 13.0. The van der Waals surface area contributed by atoms with Gasteiger partial charge in [-0.1, -0.05) is 54.6 Å². The van der Waals surface area contributed by atoms with Gasteiger partial charge in [0.2, 0.25) is 0 Å². The molecule has 0 amide bonds. The van der Waals surface area contributed by atoms with Crippen LogP contribution in [0.1, 0.15) is 38.0 Å². The first-order valence-electron chi connectivity index (χ1n) is 11.4. The molecule has 0 bridgehead atoms. The van der Waals surface area contributed by atoms with E-state index in [4.69, 9.17) is 23.7 Å². The summed E-state index contributed by atoms with van der Waals surface area (Å²) in [6.07, 6.45) is -5.35. The fourth-order valence-electron chi connectivity index (χ4n) is 3.88. The van der Waals surface area contributed by atoms with Crippen LogP contribution in [0.25, 0.3) is 0 Å². The molecule has 8 heteroatoms. The molecule has 0 spiro atoms. The lowest BCUT2D eigenvalue weighted by Crippen LogP contribution is -2.61. The number of methoxy groups -OCH3 is 1. The van der Waals surface area contributed by atoms with Gasteiger partial charge in [-0.05, 0) is 43.3 Å². The van der Waals surface area contributed by atoms with Crippen molar-refractivity contribution in [2.75, 3.05) is 7.11 Å². The minimum absolute atomic E-state index is 0.284. The van der Waals surface area contributed by atoms with E-state index in [-0.39, 0.29) is 11.1 Å². The standard InChI is InChI=1S/C28H26O8/c1-18-22(34-25(29)19-12-6-3-7-13-19)23(35-26(30)20-14-8-4-9-15-20)24(28(32-2)33-18)36-27(31)21-16-10-5-11-17-21/h3-18,22-24,28H,1-2H3/t18-,22+,23+,24-,28+/m1/s1. The second-order valence-corrected chi connectivity index (χ2v) is 8.15. The first kappa shape index (κ1) is 25.1. The number of rotatable bonds is 7. The van der Waals surface area contributed by atoms with Crippen molar-refractivity contribution in [3.63, 3.8) is 0 Å². The molecule has 0 aromatic heterocycles. The zero-order valence-electron chi connectivity index (χ0n) is 19.8. The highest BCUT2D eigenvalue weighted by Gasteiger charge is 2.51. The monoisotopic (exact) mass is 490 g/mol. The number of esters is 3. The Kier molecular flexibility index (Phi) is 8.10. The first-order chi connectivity index (χ1) is 17.5. The molecule has 3 aromatic rings. The van der Waals surface area contributed by atoms with Gasteiger partial charge in [0.1, 0.15) is 0 Å². The van der Waals surface area contributed by atoms with E-state index < -0.39 is 48.6 Å². The highest BCUT2D eigenvalue weighted by atomic mass is 16.7. The van der Waals surface area contributed by atoms with Crippen LogP contribution in [0.4, 0.5) is 0 Å². The number of hydrogen-bond acceptors (Lipinski definition) is 8. The zero-order valence-corrected chi connectivity index (χ0v) is 19.8. The predicted molar refractivity (Wildman–Crippen MR) is 128 cm³/mol. The summed E-state index contributed by atoms with van der Waals surface area (Å²) in [5, 5.41) is 0. The Morgan fingerprint density at radius 3 is 1.33 bits per heavy atom. The maximum Gasteiger partial charge on any atom is 0.338 e. The molecule has 8 nitrogen and oxygen atoms in total. The summed E-state index contributed by atoms with van der Waals surface area (Å²) in [5.74, 6) is -1.98. The van der Waals surface area contributed by atoms with E-state index >= 15 is 0 Å². The van der Waals surface area contributed by atoms with E-state index in [9.17, 15) is 14.4 Å². The number of benzene rings is 3. The summed E-state index contributed by atoms with van der Waals surface area (Å²) in [7, 11) is 1.38. The van der Waals surface area contributed by atoms with E-state index in [1.807, 2.05) is 0 Å². The van der Waals surface area contributed by atoms with E-state index in [1.165, 1.54) is 7.11 Å². The van der Waals surface area contributed by atoms with Gasteiger partial charge >= 0.3 is 17.9 Å². The number of carbonyl (C=O) groups is 3. The highest BCUT2D eigenvalue weighted by molar-refractivity contribution is 5.91. The third-order valence-corrected chi connectivity index (χ3v) is 5.72. The van der Waals surface area contributed by atoms with E-state index in [2.05, 4.69) is 0 Å². The van der Waals surface area contributed by atoms with E-state index in [1.54, 1.807) is 97.9 Å². The van der Waals surface area contributed by atoms with Crippen molar-refractivity contribution >= 4 is 17.9 Å². The molecule has 1 heterocycles. The Hall–Kier alpha value is -4.01. The molecule has 36 heavy (non-hydrogen) atoms. The molecule has 0 aliphatic carbocycles. The summed E-state index contributed by atoms with van der Waals surface area (Å²) >= 11 is 0. The van der Waals surface area contributed by atoms with Crippen LogP contribution in [0.2, 0.25) is 0 Å². The van der Waals surface area contributed by atoms with Gasteiger partial charge in [0.05, 0.1) is 22.8 Å². The third kappa shape index (κ3) is 5.79. The molecular weight excluding hydrogens is 464 g/mol. The quantitative estimate of drug-likeness (QED) is 0.361. The average molecular weight is 491 g/mol. The zero-order chi connectivity index (χ0) is 25.5. The fraction of sp³-hybridized carbons (Fsp3) is 0.250. The summed E-state index contributed by atoms with van der Waals surface area (Å²) in [4.78, 5) is 38.9. The second-order valence-electron chi connectivity index (χ2n) is 8.15. The average Bonchev–Trinajstić information content (AvgIpc) is 2.93. The lowest BCUT2D eigenvalue weighted by molar-refractivity contribution is -0.283. The van der Waals surface area contributed by atoms with Crippen molar-refractivity contribution < 1.29 is 38.1 Å². The van der Waals surface area contributed by atoms with Crippen LogP contribution in [-0.4, -0.2) is 55.7 Å². The summed E-state index contributed by atoms with van der Waals surface area (Å²) < 4.78 is 28.6. The van der Waals surface area contributed by atoms with Gasteiger partial charge < -0.3 is 23.7 Å². The predicted octanol–water partition coefficient (Wildman–Crippen LogP) is 4.05. The minimum Gasteiger partial charge on any atom is -0.452 e. The molecule has 0 unspecified atom stereocenters. The Labute approximate surface area is 208 Å². The molecule has 0 N–H and O–H groups in total. The maximum atomic E-state index is 13.0. The van der Waals surface area contributed by atoms with Crippen molar-refractivity contribution in [1.29, 1.82) is 0 Å². The van der Waals surface area contributed by atoms with Crippen LogP contribution in [0.5, 0.6) is 0 Å². The molecule has 186 valence electrons. The van der Waals surface area contributed by atoms with Gasteiger partial charge in [0.15, 0.2) is 24.6 Å². The lowest BCUT2D eigenvalue weighted by atomic mass is 9.98. The first-order valence-corrected chi connectivity index (χ1v) is 11.4. The topological polar surface area (TPSA) is 97.4 Å². The SMILES string of the molecule is CO[C@H]1O[C@H](C)[C@H](OC(=O)c2ccccc2)[C@H](OC(=O)c2ccccc2)[C@H]1OC(=O)c1ccccc1. The van der Waals surface area contributed by atoms with Gasteiger partial charge in [0.25, 0.3) is 0 Å². The van der Waals surface area contributed by atoms with Crippen LogP contribution in [-0.2, 0) is 23.7 Å². The summed E-state index contributed by atoms with van der Waals surface area (Å²) in [6, 6.07) is 25.1. The number of hydrogen-bond donors (Lipinski definition) is 0. The lowest BCUT2D eigenvalue weighted by Gasteiger charge is -2.43. The number of ether oxygens (including phenoxy) is 5. The van der Waals surface area contributed by atoms with Gasteiger partial charge in [-0.25, -0.2) is 14.4 Å². The van der Waals surface area contributed by atoms with Crippen LogP contribution < -0.4 is 0 Å². The van der Waals surface area contributed by atoms with Crippen molar-refractivity contribution in [3.05, 3.63) is 108 Å². The van der Waals surface area contributed by atoms with Crippen molar-refractivity contribution in [3.8, 4) is 0 Å². The Morgan fingerprint density at radius 2 is 0.944 bits per heavy atom. The van der Waals surface area contributed by atoms with Gasteiger partial charge in [-0.3, -0.25) is 0 Å². The molecule has 0 radical (unpaired) electrons. The van der Waals surface area contributed by atoms with Crippen molar-refractivity contribution in [2.24, 2.45) is 0 Å². The Balaban J connectivity index is 1.66. The molecule has 1 aliphatic heterocycles. The van der Waals surface area contributed by atoms with Gasteiger partial charge in [-0.2, -0.15) is 0 Å². The molecule has 0 saturated carbocycles. The third-order valence-electron chi connectivity index (χ3n) is 5.72. The van der Waals surface area contributed by atoms with Crippen LogP contribution in [0.3, 0.4) is 0 Å². The number of carbonyl (C=O) groups excluding carboxylic acids is 3.